The second-order valence-electron chi connectivity index (χ2n) is 7.40. The van der Waals surface area contributed by atoms with Gasteiger partial charge in [0.25, 0.3) is 0 Å². The van der Waals surface area contributed by atoms with E-state index < -0.39 is 10.0 Å². The summed E-state index contributed by atoms with van der Waals surface area (Å²) < 4.78 is 44.8. The molecule has 0 saturated carbocycles. The normalized spacial score (nSPS) is 15.7. The first kappa shape index (κ1) is 23.5. The second-order valence-corrected chi connectivity index (χ2v) is 9.17. The van der Waals surface area contributed by atoms with Gasteiger partial charge in [-0.05, 0) is 74.8 Å². The number of nitrogens with one attached hydrogen (secondary N) is 1. The van der Waals surface area contributed by atoms with Crippen molar-refractivity contribution in [2.45, 2.75) is 30.7 Å². The molecule has 7 nitrogen and oxygen atoms in total. The third-order valence-corrected chi connectivity index (χ3v) is 6.80. The lowest BCUT2D eigenvalue weighted by atomic mass is 10.1. The first-order chi connectivity index (χ1) is 15.0. The van der Waals surface area contributed by atoms with Gasteiger partial charge in [0.1, 0.15) is 18.1 Å². The zero-order valence-electron chi connectivity index (χ0n) is 18.2. The highest BCUT2D eigenvalue weighted by Gasteiger charge is 2.26. The number of ether oxygens (including phenoxy) is 3. The van der Waals surface area contributed by atoms with Gasteiger partial charge in [0.05, 0.1) is 18.6 Å². The van der Waals surface area contributed by atoms with Crippen LogP contribution in [0.25, 0.3) is 0 Å². The summed E-state index contributed by atoms with van der Waals surface area (Å²) in [6.07, 6.45) is 2.25. The van der Waals surface area contributed by atoms with E-state index in [0.29, 0.717) is 32.1 Å². The van der Waals surface area contributed by atoms with E-state index >= 15 is 0 Å². The van der Waals surface area contributed by atoms with Crippen LogP contribution in [0.3, 0.4) is 0 Å². The van der Waals surface area contributed by atoms with Crippen molar-refractivity contribution in [1.29, 1.82) is 0 Å². The Morgan fingerprint density at radius 1 is 1.03 bits per heavy atom. The van der Waals surface area contributed by atoms with Crippen molar-refractivity contribution in [3.8, 4) is 11.5 Å². The molecule has 1 fully saturated rings. The molecule has 1 atom stereocenters. The molecule has 1 aliphatic rings. The molecule has 170 valence electrons. The van der Waals surface area contributed by atoms with E-state index in [0.717, 1.165) is 37.2 Å². The molecular formula is C23H32N2O5S. The summed E-state index contributed by atoms with van der Waals surface area (Å²) in [6.45, 7) is 5.70. The summed E-state index contributed by atoms with van der Waals surface area (Å²) in [5.41, 5.74) is 1.04. The van der Waals surface area contributed by atoms with E-state index in [-0.39, 0.29) is 10.9 Å². The molecule has 31 heavy (non-hydrogen) atoms. The quantitative estimate of drug-likeness (QED) is 0.503. The van der Waals surface area contributed by atoms with E-state index in [1.54, 1.807) is 31.4 Å². The Morgan fingerprint density at radius 3 is 2.45 bits per heavy atom. The number of sulfonamides is 1. The Bertz CT molecular complexity index is 912. The van der Waals surface area contributed by atoms with Crippen molar-refractivity contribution in [2.24, 2.45) is 0 Å². The van der Waals surface area contributed by atoms with E-state index in [1.807, 2.05) is 31.2 Å². The van der Waals surface area contributed by atoms with Crippen LogP contribution >= 0.6 is 0 Å². The molecule has 0 aromatic heterocycles. The maximum absolute atomic E-state index is 12.9. The standard InChI is InChI=1S/C23H32N2O5S/c1-3-29-15-16-30-20-9-11-22(12-10-20)31(26,27)24-18-23(25-13-4-5-14-25)19-7-6-8-21(17-19)28-2/h6-12,17,23-24H,3-5,13-16,18H2,1-2H3. The zero-order valence-corrected chi connectivity index (χ0v) is 19.1. The molecule has 2 aromatic rings. The van der Waals surface area contributed by atoms with Gasteiger partial charge in [-0.3, -0.25) is 4.90 Å². The maximum atomic E-state index is 12.9. The van der Waals surface area contributed by atoms with Gasteiger partial charge in [0.2, 0.25) is 10.0 Å². The van der Waals surface area contributed by atoms with Crippen molar-refractivity contribution < 1.29 is 22.6 Å². The topological polar surface area (TPSA) is 77.1 Å². The van der Waals surface area contributed by atoms with E-state index in [1.165, 1.54) is 0 Å². The zero-order chi connectivity index (χ0) is 22.1. The summed E-state index contributed by atoms with van der Waals surface area (Å²) >= 11 is 0. The minimum Gasteiger partial charge on any atom is -0.497 e. The lowest BCUT2D eigenvalue weighted by Crippen LogP contribution is -2.36. The lowest BCUT2D eigenvalue weighted by molar-refractivity contribution is 0.110. The van der Waals surface area contributed by atoms with Gasteiger partial charge in [-0.2, -0.15) is 0 Å². The molecule has 0 amide bonds. The van der Waals surface area contributed by atoms with Gasteiger partial charge in [-0.15, -0.1) is 0 Å². The third-order valence-electron chi connectivity index (χ3n) is 5.36. The van der Waals surface area contributed by atoms with Crippen molar-refractivity contribution in [2.75, 3.05) is 46.6 Å². The Balaban J connectivity index is 1.67. The number of hydrogen-bond acceptors (Lipinski definition) is 6. The van der Waals surface area contributed by atoms with E-state index in [4.69, 9.17) is 14.2 Å². The average molecular weight is 449 g/mol. The van der Waals surface area contributed by atoms with E-state index in [2.05, 4.69) is 9.62 Å². The fourth-order valence-electron chi connectivity index (χ4n) is 3.71. The Hall–Kier alpha value is -2.13. The van der Waals surface area contributed by atoms with Crippen LogP contribution in [0.1, 0.15) is 31.4 Å². The number of rotatable bonds is 12. The molecule has 0 radical (unpaired) electrons. The first-order valence-electron chi connectivity index (χ1n) is 10.7. The number of benzene rings is 2. The summed E-state index contributed by atoms with van der Waals surface area (Å²) in [4.78, 5) is 2.54. The molecule has 1 unspecified atom stereocenters. The monoisotopic (exact) mass is 448 g/mol. The number of hydrogen-bond donors (Lipinski definition) is 1. The highest BCUT2D eigenvalue weighted by molar-refractivity contribution is 7.89. The minimum absolute atomic E-state index is 0.0476. The minimum atomic E-state index is -3.64. The molecule has 1 N–H and O–H groups in total. The number of methoxy groups -OCH3 is 1. The molecule has 0 spiro atoms. The van der Waals surface area contributed by atoms with E-state index in [9.17, 15) is 8.42 Å². The van der Waals surface area contributed by atoms with Crippen LogP contribution in [-0.4, -0.2) is 59.9 Å². The molecule has 1 saturated heterocycles. The average Bonchev–Trinajstić information content (AvgIpc) is 3.32. The summed E-state index contributed by atoms with van der Waals surface area (Å²) in [6, 6.07) is 14.3. The fourth-order valence-corrected chi connectivity index (χ4v) is 4.75. The first-order valence-corrected chi connectivity index (χ1v) is 12.2. The molecule has 3 rings (SSSR count). The van der Waals surface area contributed by atoms with Gasteiger partial charge >= 0.3 is 0 Å². The van der Waals surface area contributed by atoms with Crippen molar-refractivity contribution in [3.05, 3.63) is 54.1 Å². The van der Waals surface area contributed by atoms with Gasteiger partial charge in [-0.25, -0.2) is 13.1 Å². The van der Waals surface area contributed by atoms with Crippen molar-refractivity contribution in [1.82, 2.24) is 9.62 Å². The van der Waals surface area contributed by atoms with Gasteiger partial charge in [-0.1, -0.05) is 12.1 Å². The van der Waals surface area contributed by atoms with Crippen LogP contribution in [0, 0.1) is 0 Å². The summed E-state index contributed by atoms with van der Waals surface area (Å²) in [7, 11) is -2.01. The van der Waals surface area contributed by atoms with Gasteiger partial charge in [0.15, 0.2) is 0 Å². The van der Waals surface area contributed by atoms with Crippen LogP contribution in [0.4, 0.5) is 0 Å². The molecule has 2 aromatic carbocycles. The Morgan fingerprint density at radius 2 is 1.77 bits per heavy atom. The van der Waals surface area contributed by atoms with Crippen LogP contribution in [0.2, 0.25) is 0 Å². The molecule has 0 bridgehead atoms. The summed E-state index contributed by atoms with van der Waals surface area (Å²) in [5, 5.41) is 0. The van der Waals surface area contributed by atoms with Gasteiger partial charge < -0.3 is 14.2 Å². The number of nitrogens with zero attached hydrogens (tertiary/aromatic N) is 1. The Kier molecular flexibility index (Phi) is 8.71. The fraction of sp³-hybridized carbons (Fsp3) is 0.478. The molecule has 1 heterocycles. The SMILES string of the molecule is CCOCCOc1ccc(S(=O)(=O)NCC(c2cccc(OC)c2)N2CCCC2)cc1. The second kappa shape index (κ2) is 11.5. The van der Waals surface area contributed by atoms with Crippen LogP contribution in [0.5, 0.6) is 11.5 Å². The molecule has 1 aliphatic heterocycles. The predicted octanol–water partition coefficient (Wildman–Crippen LogP) is 3.23. The predicted molar refractivity (Wildman–Crippen MR) is 120 cm³/mol. The highest BCUT2D eigenvalue weighted by atomic mass is 32.2. The third kappa shape index (κ3) is 6.67. The molecular weight excluding hydrogens is 416 g/mol. The smallest absolute Gasteiger partial charge is 0.240 e. The lowest BCUT2D eigenvalue weighted by Gasteiger charge is -2.28. The summed E-state index contributed by atoms with van der Waals surface area (Å²) in [5.74, 6) is 1.38. The van der Waals surface area contributed by atoms with Crippen molar-refractivity contribution in [3.63, 3.8) is 0 Å². The van der Waals surface area contributed by atoms with Gasteiger partial charge in [0, 0.05) is 19.2 Å². The van der Waals surface area contributed by atoms with Crippen molar-refractivity contribution >= 4 is 10.0 Å². The highest BCUT2D eigenvalue weighted by Crippen LogP contribution is 2.27. The number of likely N-dealkylation sites (tertiary alicyclic amines) is 1. The largest absolute Gasteiger partial charge is 0.497 e. The maximum Gasteiger partial charge on any atom is 0.240 e. The van der Waals surface area contributed by atoms with Crippen LogP contribution < -0.4 is 14.2 Å². The van der Waals surface area contributed by atoms with Crippen LogP contribution in [0.15, 0.2) is 53.4 Å². The molecule has 8 heteroatoms. The Labute approximate surface area is 185 Å². The molecule has 0 aliphatic carbocycles. The van der Waals surface area contributed by atoms with Crippen LogP contribution in [-0.2, 0) is 14.8 Å².